The summed E-state index contributed by atoms with van der Waals surface area (Å²) in [5, 5.41) is 0. The first-order valence-electron chi connectivity index (χ1n) is 6.02. The highest BCUT2D eigenvalue weighted by atomic mass is 16.6. The standard InChI is InChI=1S/C13H17NO4/c1-12(2,3)18-11(17)14-8-7-13(10(14)16)6-4-5-9(13)15/h4-5H,6-8H2,1-3H3. The van der Waals surface area contributed by atoms with Gasteiger partial charge in [0, 0.05) is 6.54 Å². The first-order valence-corrected chi connectivity index (χ1v) is 6.02. The maximum absolute atomic E-state index is 12.2. The molecule has 0 radical (unpaired) electrons. The summed E-state index contributed by atoms with van der Waals surface area (Å²) in [6, 6.07) is 0. The molecule has 0 saturated carbocycles. The van der Waals surface area contributed by atoms with Gasteiger partial charge in [0.1, 0.15) is 11.0 Å². The predicted octanol–water partition coefficient (Wildman–Crippen LogP) is 1.67. The van der Waals surface area contributed by atoms with E-state index in [1.165, 1.54) is 6.08 Å². The van der Waals surface area contributed by atoms with Crippen LogP contribution in [0.25, 0.3) is 0 Å². The molecule has 1 atom stereocenters. The van der Waals surface area contributed by atoms with E-state index in [1.54, 1.807) is 26.8 Å². The number of ketones is 1. The van der Waals surface area contributed by atoms with Crippen molar-refractivity contribution in [3.8, 4) is 0 Å². The molecule has 1 aliphatic heterocycles. The molecule has 98 valence electrons. The van der Waals surface area contributed by atoms with Crippen molar-refractivity contribution in [2.24, 2.45) is 5.41 Å². The van der Waals surface area contributed by atoms with Gasteiger partial charge in [0.2, 0.25) is 5.91 Å². The minimum Gasteiger partial charge on any atom is -0.443 e. The maximum atomic E-state index is 12.2. The summed E-state index contributed by atoms with van der Waals surface area (Å²) in [5.74, 6) is -0.620. The molecule has 1 fully saturated rings. The fourth-order valence-corrected chi connectivity index (χ4v) is 2.31. The van der Waals surface area contributed by atoms with Gasteiger partial charge in [-0.1, -0.05) is 6.08 Å². The van der Waals surface area contributed by atoms with Crippen molar-refractivity contribution in [2.45, 2.75) is 39.2 Å². The van der Waals surface area contributed by atoms with Gasteiger partial charge in [0.25, 0.3) is 0 Å². The van der Waals surface area contributed by atoms with E-state index in [2.05, 4.69) is 0 Å². The van der Waals surface area contributed by atoms with E-state index >= 15 is 0 Å². The molecule has 1 spiro atoms. The molecule has 0 aromatic heterocycles. The predicted molar refractivity (Wildman–Crippen MR) is 63.8 cm³/mol. The van der Waals surface area contributed by atoms with Crippen LogP contribution in [0, 0.1) is 5.41 Å². The Morgan fingerprint density at radius 1 is 1.39 bits per heavy atom. The largest absolute Gasteiger partial charge is 0.443 e. The van der Waals surface area contributed by atoms with Crippen LogP contribution in [-0.2, 0) is 14.3 Å². The molecule has 5 heteroatoms. The highest BCUT2D eigenvalue weighted by molar-refractivity contribution is 6.16. The number of ether oxygens (including phenoxy) is 1. The molecule has 1 heterocycles. The molecule has 1 unspecified atom stereocenters. The minimum absolute atomic E-state index is 0.196. The summed E-state index contributed by atoms with van der Waals surface area (Å²) in [7, 11) is 0. The van der Waals surface area contributed by atoms with Gasteiger partial charge in [-0.2, -0.15) is 0 Å². The second kappa shape index (κ2) is 3.93. The Bertz CT molecular complexity index is 446. The lowest BCUT2D eigenvalue weighted by molar-refractivity contribution is -0.140. The Labute approximate surface area is 106 Å². The third-order valence-corrected chi connectivity index (χ3v) is 3.24. The van der Waals surface area contributed by atoms with Crippen LogP contribution in [0.3, 0.4) is 0 Å². The molecule has 5 nitrogen and oxygen atoms in total. The summed E-state index contributed by atoms with van der Waals surface area (Å²) in [6.45, 7) is 5.47. The zero-order valence-corrected chi connectivity index (χ0v) is 10.9. The van der Waals surface area contributed by atoms with E-state index in [0.29, 0.717) is 12.8 Å². The van der Waals surface area contributed by atoms with Crippen molar-refractivity contribution in [2.75, 3.05) is 6.54 Å². The average Bonchev–Trinajstić information content (AvgIpc) is 2.73. The van der Waals surface area contributed by atoms with E-state index in [0.717, 1.165) is 4.90 Å². The van der Waals surface area contributed by atoms with Crippen LogP contribution >= 0.6 is 0 Å². The van der Waals surface area contributed by atoms with Crippen molar-refractivity contribution in [1.29, 1.82) is 0 Å². The topological polar surface area (TPSA) is 63.7 Å². The van der Waals surface area contributed by atoms with Crippen LogP contribution < -0.4 is 0 Å². The van der Waals surface area contributed by atoms with Gasteiger partial charge in [-0.25, -0.2) is 9.69 Å². The first-order chi connectivity index (χ1) is 8.26. The molecule has 0 aromatic rings. The Morgan fingerprint density at radius 2 is 2.06 bits per heavy atom. The molecule has 0 N–H and O–H groups in total. The maximum Gasteiger partial charge on any atom is 0.417 e. The summed E-state index contributed by atoms with van der Waals surface area (Å²) >= 11 is 0. The normalized spacial score (nSPS) is 27.4. The van der Waals surface area contributed by atoms with Crippen molar-refractivity contribution in [1.82, 2.24) is 4.90 Å². The SMILES string of the molecule is CC(C)(C)OC(=O)N1CCC2(CC=CC2=O)C1=O. The molecule has 1 aliphatic carbocycles. The lowest BCUT2D eigenvalue weighted by Crippen LogP contribution is -2.42. The zero-order chi connectivity index (χ0) is 13.6. The number of nitrogens with zero attached hydrogens (tertiary/aromatic N) is 1. The Balaban J connectivity index is 2.13. The van der Waals surface area contributed by atoms with Crippen molar-refractivity contribution < 1.29 is 19.1 Å². The number of hydrogen-bond acceptors (Lipinski definition) is 4. The summed E-state index contributed by atoms with van der Waals surface area (Å²) < 4.78 is 5.16. The lowest BCUT2D eigenvalue weighted by Gasteiger charge is -2.24. The second-order valence-electron chi connectivity index (χ2n) is 5.74. The van der Waals surface area contributed by atoms with Crippen molar-refractivity contribution in [3.63, 3.8) is 0 Å². The number of imide groups is 1. The Hall–Kier alpha value is -1.65. The number of hydrogen-bond donors (Lipinski definition) is 0. The number of likely N-dealkylation sites (tertiary alicyclic amines) is 1. The van der Waals surface area contributed by atoms with E-state index in [1.807, 2.05) is 0 Å². The number of carbonyl (C=O) groups is 3. The van der Waals surface area contributed by atoms with Crippen LogP contribution in [0.15, 0.2) is 12.2 Å². The number of rotatable bonds is 0. The Kier molecular flexibility index (Phi) is 2.80. The number of allylic oxidation sites excluding steroid dienone is 2. The smallest absolute Gasteiger partial charge is 0.417 e. The Morgan fingerprint density at radius 3 is 2.56 bits per heavy atom. The van der Waals surface area contributed by atoms with E-state index < -0.39 is 23.0 Å². The number of carbonyl (C=O) groups excluding carboxylic acids is 3. The summed E-state index contributed by atoms with van der Waals surface area (Å²) in [5.41, 5.74) is -1.68. The van der Waals surface area contributed by atoms with Gasteiger partial charge in [-0.05, 0) is 39.7 Å². The summed E-state index contributed by atoms with van der Waals surface area (Å²) in [6.07, 6.45) is 3.24. The molecule has 2 aliphatic rings. The highest BCUT2D eigenvalue weighted by Gasteiger charge is 2.54. The van der Waals surface area contributed by atoms with Gasteiger partial charge in [-0.3, -0.25) is 9.59 Å². The van der Waals surface area contributed by atoms with Crippen LogP contribution in [0.4, 0.5) is 4.79 Å². The molecular weight excluding hydrogens is 234 g/mol. The van der Waals surface area contributed by atoms with E-state index in [4.69, 9.17) is 4.74 Å². The van der Waals surface area contributed by atoms with Crippen LogP contribution in [0.5, 0.6) is 0 Å². The average molecular weight is 251 g/mol. The molecule has 0 bridgehead atoms. The van der Waals surface area contributed by atoms with Gasteiger partial charge in [-0.15, -0.1) is 0 Å². The fraction of sp³-hybridized carbons (Fsp3) is 0.615. The zero-order valence-electron chi connectivity index (χ0n) is 10.9. The van der Waals surface area contributed by atoms with E-state index in [9.17, 15) is 14.4 Å². The monoisotopic (exact) mass is 251 g/mol. The quantitative estimate of drug-likeness (QED) is 0.614. The molecule has 18 heavy (non-hydrogen) atoms. The molecule has 1 saturated heterocycles. The lowest BCUT2D eigenvalue weighted by atomic mass is 9.83. The molecule has 0 aromatic carbocycles. The molecular formula is C13H17NO4. The fourth-order valence-electron chi connectivity index (χ4n) is 2.31. The third kappa shape index (κ3) is 1.94. The highest BCUT2D eigenvalue weighted by Crippen LogP contribution is 2.40. The number of amides is 2. The van der Waals surface area contributed by atoms with Gasteiger partial charge >= 0.3 is 6.09 Å². The third-order valence-electron chi connectivity index (χ3n) is 3.24. The van der Waals surface area contributed by atoms with Crippen LogP contribution in [-0.4, -0.2) is 34.8 Å². The first kappa shape index (κ1) is 12.8. The second-order valence-corrected chi connectivity index (χ2v) is 5.74. The van der Waals surface area contributed by atoms with Gasteiger partial charge < -0.3 is 4.74 Å². The molecule has 2 rings (SSSR count). The van der Waals surface area contributed by atoms with Gasteiger partial charge in [0.05, 0.1) is 0 Å². The van der Waals surface area contributed by atoms with E-state index in [-0.39, 0.29) is 12.3 Å². The van der Waals surface area contributed by atoms with Crippen LogP contribution in [0.1, 0.15) is 33.6 Å². The molecule has 2 amide bonds. The van der Waals surface area contributed by atoms with Crippen LogP contribution in [0.2, 0.25) is 0 Å². The summed E-state index contributed by atoms with van der Waals surface area (Å²) in [4.78, 5) is 36.9. The van der Waals surface area contributed by atoms with Crippen molar-refractivity contribution >= 4 is 17.8 Å². The van der Waals surface area contributed by atoms with Gasteiger partial charge in [0.15, 0.2) is 5.78 Å². The minimum atomic E-state index is -1.03. The van der Waals surface area contributed by atoms with Crippen molar-refractivity contribution in [3.05, 3.63) is 12.2 Å².